The van der Waals surface area contributed by atoms with Crippen molar-refractivity contribution in [3.05, 3.63) is 16.8 Å². The molecule has 1 rings (SSSR count). The van der Waals surface area contributed by atoms with E-state index in [9.17, 15) is 0 Å². The van der Waals surface area contributed by atoms with Crippen LogP contribution in [-0.4, -0.2) is 0 Å². The summed E-state index contributed by atoms with van der Waals surface area (Å²) < 4.78 is 5.66. The highest BCUT2D eigenvalue weighted by atomic mass is 79.9. The van der Waals surface area contributed by atoms with Crippen molar-refractivity contribution in [1.82, 2.24) is 0 Å². The Balaban J connectivity index is 2.92. The number of nitrogens with one attached hydrogen (secondary N) is 1. The van der Waals surface area contributed by atoms with E-state index >= 15 is 0 Å². The summed E-state index contributed by atoms with van der Waals surface area (Å²) in [5, 5.41) is 0. The van der Waals surface area contributed by atoms with Crippen molar-refractivity contribution in [2.75, 3.05) is 5.43 Å². The molecule has 0 aromatic carbocycles. The van der Waals surface area contributed by atoms with Crippen LogP contribution in [0, 0.1) is 0 Å². The number of hydrogen-bond donors (Lipinski definition) is 2. The molecule has 0 aliphatic heterocycles. The Morgan fingerprint density at radius 2 is 2.50 bits per heavy atom. The normalized spacial score (nSPS) is 9.25. The fraction of sp³-hybridized carbons (Fsp3) is 0. The van der Waals surface area contributed by atoms with Gasteiger partial charge in [-0.05, 0) is 22.0 Å². The standard InChI is InChI=1S/C4H5BrN2O/c5-3-1-2-8-4(3)7-6/h1-2,7H,6H2. The molecule has 0 saturated heterocycles. The molecule has 0 unspecified atom stereocenters. The largest absolute Gasteiger partial charge is 0.446 e. The summed E-state index contributed by atoms with van der Waals surface area (Å²) in [5.74, 6) is 5.57. The molecule has 1 heterocycles. The first-order chi connectivity index (χ1) is 3.84. The number of hydrogen-bond acceptors (Lipinski definition) is 3. The Labute approximate surface area is 55.0 Å². The number of halogens is 1. The Morgan fingerprint density at radius 1 is 1.75 bits per heavy atom. The third-order valence-electron chi connectivity index (χ3n) is 0.748. The number of furan rings is 1. The van der Waals surface area contributed by atoms with Crippen molar-refractivity contribution in [2.24, 2.45) is 5.84 Å². The summed E-state index contributed by atoms with van der Waals surface area (Å²) in [5.41, 5.74) is 2.36. The van der Waals surface area contributed by atoms with Gasteiger partial charge in [-0.25, -0.2) is 5.84 Å². The fourth-order valence-electron chi connectivity index (χ4n) is 0.397. The molecule has 0 bridgehead atoms. The van der Waals surface area contributed by atoms with Crippen molar-refractivity contribution in [2.45, 2.75) is 0 Å². The molecular weight excluding hydrogens is 172 g/mol. The number of anilines is 1. The first-order valence-corrected chi connectivity index (χ1v) is 2.83. The van der Waals surface area contributed by atoms with E-state index in [1.54, 1.807) is 12.3 Å². The lowest BCUT2D eigenvalue weighted by Crippen LogP contribution is -2.05. The lowest BCUT2D eigenvalue weighted by atomic mass is 10.6. The number of rotatable bonds is 1. The van der Waals surface area contributed by atoms with Crippen molar-refractivity contribution < 1.29 is 4.42 Å². The van der Waals surface area contributed by atoms with E-state index in [0.717, 1.165) is 4.47 Å². The van der Waals surface area contributed by atoms with Gasteiger partial charge in [-0.15, -0.1) is 0 Å². The SMILES string of the molecule is NNc1occc1Br. The molecule has 8 heavy (non-hydrogen) atoms. The summed E-state index contributed by atoms with van der Waals surface area (Å²) in [4.78, 5) is 0. The summed E-state index contributed by atoms with van der Waals surface area (Å²) in [7, 11) is 0. The van der Waals surface area contributed by atoms with Gasteiger partial charge in [0.1, 0.15) is 0 Å². The molecule has 0 radical (unpaired) electrons. The van der Waals surface area contributed by atoms with Crippen molar-refractivity contribution in [1.29, 1.82) is 0 Å². The van der Waals surface area contributed by atoms with Gasteiger partial charge in [0.05, 0.1) is 10.7 Å². The number of nitrogen functional groups attached to an aromatic ring is 1. The van der Waals surface area contributed by atoms with Gasteiger partial charge in [0, 0.05) is 0 Å². The van der Waals surface area contributed by atoms with Gasteiger partial charge in [-0.1, -0.05) is 0 Å². The predicted molar refractivity (Wildman–Crippen MR) is 34.2 cm³/mol. The van der Waals surface area contributed by atoms with Gasteiger partial charge in [0.15, 0.2) is 0 Å². The van der Waals surface area contributed by atoms with Gasteiger partial charge in [0.2, 0.25) is 5.88 Å². The van der Waals surface area contributed by atoms with Crippen molar-refractivity contribution >= 4 is 21.8 Å². The van der Waals surface area contributed by atoms with Crippen LogP contribution in [0.2, 0.25) is 0 Å². The van der Waals surface area contributed by atoms with Gasteiger partial charge < -0.3 is 4.42 Å². The molecule has 1 aromatic heterocycles. The van der Waals surface area contributed by atoms with Crippen LogP contribution in [0.15, 0.2) is 21.2 Å². The zero-order valence-electron chi connectivity index (χ0n) is 4.02. The quantitative estimate of drug-likeness (QED) is 0.502. The Kier molecular flexibility index (Phi) is 1.55. The highest BCUT2D eigenvalue weighted by molar-refractivity contribution is 9.10. The van der Waals surface area contributed by atoms with Crippen LogP contribution in [0.1, 0.15) is 0 Å². The molecule has 44 valence electrons. The third kappa shape index (κ3) is 0.850. The molecule has 4 heteroatoms. The van der Waals surface area contributed by atoms with Gasteiger partial charge in [-0.3, -0.25) is 5.43 Å². The summed E-state index contributed by atoms with van der Waals surface area (Å²) in [6, 6.07) is 1.76. The van der Waals surface area contributed by atoms with Crippen LogP contribution < -0.4 is 11.3 Å². The molecule has 1 aromatic rings. The number of hydrazine groups is 1. The second-order valence-corrected chi connectivity index (χ2v) is 2.10. The van der Waals surface area contributed by atoms with Crippen LogP contribution in [-0.2, 0) is 0 Å². The maximum Gasteiger partial charge on any atom is 0.220 e. The molecule has 0 saturated carbocycles. The van der Waals surface area contributed by atoms with E-state index in [-0.39, 0.29) is 0 Å². The lowest BCUT2D eigenvalue weighted by molar-refractivity contribution is 0.579. The minimum atomic E-state index is 0.546. The van der Waals surface area contributed by atoms with Crippen LogP contribution in [0.3, 0.4) is 0 Å². The van der Waals surface area contributed by atoms with Crippen LogP contribution in [0.25, 0.3) is 0 Å². The van der Waals surface area contributed by atoms with E-state index in [4.69, 9.17) is 10.3 Å². The molecule has 0 aliphatic rings. The van der Waals surface area contributed by atoms with Crippen molar-refractivity contribution in [3.63, 3.8) is 0 Å². The average molecular weight is 177 g/mol. The first-order valence-electron chi connectivity index (χ1n) is 2.04. The minimum absolute atomic E-state index is 0.546. The van der Waals surface area contributed by atoms with Crippen LogP contribution >= 0.6 is 15.9 Å². The summed E-state index contributed by atoms with van der Waals surface area (Å²) >= 11 is 3.19. The fourth-order valence-corrected chi connectivity index (χ4v) is 0.713. The lowest BCUT2D eigenvalue weighted by Gasteiger charge is -1.89. The maximum atomic E-state index is 5.02. The van der Waals surface area contributed by atoms with E-state index < -0.39 is 0 Å². The molecule has 3 N–H and O–H groups in total. The molecule has 0 atom stereocenters. The Bertz CT molecular complexity index is 174. The smallest absolute Gasteiger partial charge is 0.220 e. The zero-order chi connectivity index (χ0) is 5.98. The van der Waals surface area contributed by atoms with Crippen LogP contribution in [0.4, 0.5) is 5.88 Å². The molecule has 3 nitrogen and oxygen atoms in total. The van der Waals surface area contributed by atoms with Crippen molar-refractivity contribution in [3.8, 4) is 0 Å². The first kappa shape index (κ1) is 5.65. The van der Waals surface area contributed by atoms with E-state index in [2.05, 4.69) is 21.4 Å². The second-order valence-electron chi connectivity index (χ2n) is 1.24. The highest BCUT2D eigenvalue weighted by Crippen LogP contribution is 2.21. The van der Waals surface area contributed by atoms with Gasteiger partial charge >= 0.3 is 0 Å². The predicted octanol–water partition coefficient (Wildman–Crippen LogP) is 1.33. The van der Waals surface area contributed by atoms with Crippen LogP contribution in [0.5, 0.6) is 0 Å². The summed E-state index contributed by atoms with van der Waals surface area (Å²) in [6.45, 7) is 0. The topological polar surface area (TPSA) is 51.2 Å². The second kappa shape index (κ2) is 2.19. The molecular formula is C4H5BrN2O. The monoisotopic (exact) mass is 176 g/mol. The average Bonchev–Trinajstić information content (AvgIpc) is 2.14. The Morgan fingerprint density at radius 3 is 2.75 bits per heavy atom. The maximum absolute atomic E-state index is 5.02. The third-order valence-corrected chi connectivity index (χ3v) is 1.37. The number of nitrogens with two attached hydrogens (primary N) is 1. The van der Waals surface area contributed by atoms with E-state index in [1.165, 1.54) is 0 Å². The highest BCUT2D eigenvalue weighted by Gasteiger charge is 1.96. The molecule has 0 fully saturated rings. The minimum Gasteiger partial charge on any atom is -0.446 e. The van der Waals surface area contributed by atoms with Gasteiger partial charge in [-0.2, -0.15) is 0 Å². The zero-order valence-corrected chi connectivity index (χ0v) is 5.60. The van der Waals surface area contributed by atoms with E-state index in [1.807, 2.05) is 0 Å². The Hall–Kier alpha value is -0.480. The van der Waals surface area contributed by atoms with Gasteiger partial charge in [0.25, 0.3) is 0 Å². The van der Waals surface area contributed by atoms with E-state index in [0.29, 0.717) is 5.88 Å². The summed E-state index contributed by atoms with van der Waals surface area (Å²) in [6.07, 6.45) is 1.54. The molecule has 0 spiro atoms. The molecule has 0 aliphatic carbocycles. The molecule has 0 amide bonds.